The van der Waals surface area contributed by atoms with E-state index in [-0.39, 0.29) is 12.6 Å². The molecule has 0 fully saturated rings. The summed E-state index contributed by atoms with van der Waals surface area (Å²) in [4.78, 5) is 11.5. The van der Waals surface area contributed by atoms with Crippen LogP contribution in [-0.4, -0.2) is 12.6 Å². The van der Waals surface area contributed by atoms with E-state index in [0.29, 0.717) is 12.1 Å². The molecule has 2 N–H and O–H groups in total. The van der Waals surface area contributed by atoms with E-state index in [4.69, 9.17) is 10.5 Å². The van der Waals surface area contributed by atoms with Gasteiger partial charge in [-0.3, -0.25) is 0 Å². The molecule has 0 heterocycles. The highest BCUT2D eigenvalue weighted by Gasteiger charge is 2.06. The Bertz CT molecular complexity index is 700. The third kappa shape index (κ3) is 4.66. The first-order chi connectivity index (χ1) is 11.1. The summed E-state index contributed by atoms with van der Waals surface area (Å²) in [6, 6.07) is 18.1. The molecule has 0 atom stereocenters. The lowest BCUT2D eigenvalue weighted by Crippen LogP contribution is -2.05. The summed E-state index contributed by atoms with van der Waals surface area (Å²) in [6.45, 7) is 5.93. The van der Waals surface area contributed by atoms with Crippen LogP contribution in [0.5, 0.6) is 0 Å². The van der Waals surface area contributed by atoms with Crippen molar-refractivity contribution in [1.82, 2.24) is 0 Å². The Hall–Kier alpha value is -2.65. The molecular weight excluding hydrogens is 286 g/mol. The summed E-state index contributed by atoms with van der Waals surface area (Å²) in [6.07, 6.45) is 1.91. The Morgan fingerprint density at radius 3 is 2.26 bits per heavy atom. The smallest absolute Gasteiger partial charge is 0.333 e. The van der Waals surface area contributed by atoms with E-state index in [1.165, 1.54) is 0 Å². The number of ether oxygens (including phenoxy) is 1. The molecule has 0 unspecified atom stereocenters. The van der Waals surface area contributed by atoms with E-state index in [2.05, 4.69) is 6.58 Å². The molecule has 3 nitrogen and oxygen atoms in total. The molecule has 3 heteroatoms. The van der Waals surface area contributed by atoms with E-state index in [0.717, 1.165) is 22.3 Å². The number of carbonyl (C=O) groups excluding carboxylic acids is 1. The lowest BCUT2D eigenvalue weighted by molar-refractivity contribution is -0.137. The molecule has 0 aromatic heterocycles. The van der Waals surface area contributed by atoms with Gasteiger partial charge < -0.3 is 10.5 Å². The van der Waals surface area contributed by atoms with Crippen LogP contribution in [0.2, 0.25) is 0 Å². The molecule has 0 saturated carbocycles. The monoisotopic (exact) mass is 307 g/mol. The third-order valence-electron chi connectivity index (χ3n) is 3.44. The summed E-state index contributed by atoms with van der Waals surface area (Å²) in [5.41, 5.74) is 10.3. The van der Waals surface area contributed by atoms with Crippen molar-refractivity contribution in [3.8, 4) is 0 Å². The van der Waals surface area contributed by atoms with Gasteiger partial charge in [-0.1, -0.05) is 61.2 Å². The number of esters is 1. The zero-order valence-corrected chi connectivity index (χ0v) is 13.3. The standard InChI is InChI=1S/C20H21NO2/c1-15(2)20(22)23-13-12-19(17-6-4-3-5-7-17)18-10-8-16(14-21)9-11-18/h3-12H,1,13-14,21H2,2H3. The highest BCUT2D eigenvalue weighted by Crippen LogP contribution is 2.23. The van der Waals surface area contributed by atoms with Crippen LogP contribution in [0, 0.1) is 0 Å². The molecule has 2 rings (SSSR count). The average molecular weight is 307 g/mol. The maximum Gasteiger partial charge on any atom is 0.333 e. The average Bonchev–Trinajstić information content (AvgIpc) is 2.59. The van der Waals surface area contributed by atoms with Crippen LogP contribution in [-0.2, 0) is 16.1 Å². The van der Waals surface area contributed by atoms with Crippen molar-refractivity contribution in [1.29, 1.82) is 0 Å². The van der Waals surface area contributed by atoms with Gasteiger partial charge in [0.2, 0.25) is 0 Å². The topological polar surface area (TPSA) is 52.3 Å². The number of benzene rings is 2. The van der Waals surface area contributed by atoms with Crippen molar-refractivity contribution >= 4 is 11.5 Å². The predicted octanol–water partition coefficient (Wildman–Crippen LogP) is 3.70. The molecule has 23 heavy (non-hydrogen) atoms. The minimum atomic E-state index is -0.382. The van der Waals surface area contributed by atoms with Gasteiger partial charge in [0.05, 0.1) is 0 Å². The largest absolute Gasteiger partial charge is 0.458 e. The Morgan fingerprint density at radius 2 is 1.70 bits per heavy atom. The van der Waals surface area contributed by atoms with Gasteiger partial charge in [0, 0.05) is 12.1 Å². The summed E-state index contributed by atoms with van der Waals surface area (Å²) < 4.78 is 5.19. The molecule has 0 aliphatic rings. The summed E-state index contributed by atoms with van der Waals surface area (Å²) >= 11 is 0. The highest BCUT2D eigenvalue weighted by molar-refractivity contribution is 5.87. The SMILES string of the molecule is C=C(C)C(=O)OCC=C(c1ccccc1)c1ccc(CN)cc1. The van der Waals surface area contributed by atoms with Crippen LogP contribution < -0.4 is 5.73 Å². The first-order valence-electron chi connectivity index (χ1n) is 7.49. The van der Waals surface area contributed by atoms with Gasteiger partial charge in [-0.25, -0.2) is 4.79 Å². The van der Waals surface area contributed by atoms with Crippen LogP contribution in [0.25, 0.3) is 5.57 Å². The minimum absolute atomic E-state index is 0.203. The van der Waals surface area contributed by atoms with Gasteiger partial charge in [-0.05, 0) is 35.3 Å². The molecule has 2 aromatic carbocycles. The van der Waals surface area contributed by atoms with Crippen LogP contribution in [0.1, 0.15) is 23.6 Å². The molecule has 0 spiro atoms. The van der Waals surface area contributed by atoms with Crippen molar-refractivity contribution in [2.45, 2.75) is 13.5 Å². The molecule has 0 saturated heterocycles. The Morgan fingerprint density at radius 1 is 1.09 bits per heavy atom. The fraction of sp³-hybridized carbons (Fsp3) is 0.150. The maximum absolute atomic E-state index is 11.5. The normalized spacial score (nSPS) is 11.1. The summed E-state index contributed by atoms with van der Waals surface area (Å²) in [5.74, 6) is -0.382. The number of carbonyl (C=O) groups is 1. The molecule has 0 bridgehead atoms. The van der Waals surface area contributed by atoms with Crippen molar-refractivity contribution in [2.24, 2.45) is 5.73 Å². The van der Waals surface area contributed by atoms with Gasteiger partial charge in [-0.2, -0.15) is 0 Å². The van der Waals surface area contributed by atoms with Crippen LogP contribution in [0.3, 0.4) is 0 Å². The summed E-state index contributed by atoms with van der Waals surface area (Å²) in [7, 11) is 0. The molecule has 2 aromatic rings. The van der Waals surface area contributed by atoms with Crippen LogP contribution in [0.4, 0.5) is 0 Å². The van der Waals surface area contributed by atoms with Gasteiger partial charge >= 0.3 is 5.97 Å². The molecule has 118 valence electrons. The van der Waals surface area contributed by atoms with Crippen molar-refractivity contribution in [3.05, 3.63) is 89.5 Å². The lowest BCUT2D eigenvalue weighted by Gasteiger charge is -2.10. The van der Waals surface area contributed by atoms with E-state index in [1.54, 1.807) is 6.92 Å². The number of hydrogen-bond donors (Lipinski definition) is 1. The van der Waals surface area contributed by atoms with Crippen molar-refractivity contribution < 1.29 is 9.53 Å². The zero-order valence-electron chi connectivity index (χ0n) is 13.3. The summed E-state index contributed by atoms with van der Waals surface area (Å²) in [5, 5.41) is 0. The van der Waals surface area contributed by atoms with Crippen LogP contribution in [0.15, 0.2) is 72.8 Å². The van der Waals surface area contributed by atoms with Gasteiger partial charge in [0.1, 0.15) is 6.61 Å². The number of nitrogens with two attached hydrogens (primary N) is 1. The second kappa shape index (κ2) is 8.11. The van der Waals surface area contributed by atoms with E-state index in [1.807, 2.05) is 60.7 Å². The van der Waals surface area contributed by atoms with Gasteiger partial charge in [0.25, 0.3) is 0 Å². The maximum atomic E-state index is 11.5. The Labute approximate surface area is 137 Å². The highest BCUT2D eigenvalue weighted by atomic mass is 16.5. The Kier molecular flexibility index (Phi) is 5.89. The van der Waals surface area contributed by atoms with Gasteiger partial charge in [-0.15, -0.1) is 0 Å². The fourth-order valence-electron chi connectivity index (χ4n) is 2.16. The van der Waals surface area contributed by atoms with E-state index >= 15 is 0 Å². The lowest BCUT2D eigenvalue weighted by atomic mass is 9.97. The van der Waals surface area contributed by atoms with Gasteiger partial charge in [0.15, 0.2) is 0 Å². The fourth-order valence-corrected chi connectivity index (χ4v) is 2.16. The predicted molar refractivity (Wildman–Crippen MR) is 93.6 cm³/mol. The number of rotatable bonds is 6. The second-order valence-electron chi connectivity index (χ2n) is 5.26. The molecular formula is C20H21NO2. The minimum Gasteiger partial charge on any atom is -0.458 e. The first kappa shape index (κ1) is 16.7. The van der Waals surface area contributed by atoms with E-state index in [9.17, 15) is 4.79 Å². The quantitative estimate of drug-likeness (QED) is 0.654. The van der Waals surface area contributed by atoms with Crippen molar-refractivity contribution in [2.75, 3.05) is 6.61 Å². The zero-order chi connectivity index (χ0) is 16.7. The van der Waals surface area contributed by atoms with Crippen molar-refractivity contribution in [3.63, 3.8) is 0 Å². The third-order valence-corrected chi connectivity index (χ3v) is 3.44. The second-order valence-corrected chi connectivity index (χ2v) is 5.26. The molecule has 0 radical (unpaired) electrons. The van der Waals surface area contributed by atoms with Crippen LogP contribution >= 0.6 is 0 Å². The molecule has 0 aliphatic heterocycles. The first-order valence-corrected chi connectivity index (χ1v) is 7.49. The number of hydrogen-bond acceptors (Lipinski definition) is 3. The Balaban J connectivity index is 2.28. The molecule has 0 aliphatic carbocycles. The molecule has 0 amide bonds. The van der Waals surface area contributed by atoms with E-state index < -0.39 is 0 Å².